The number of carbonyl (C=O) groups excluding carboxylic acids is 1. The molecule has 5 nitrogen and oxygen atoms in total. The second-order valence-electron chi connectivity index (χ2n) is 3.58. The number of rotatable bonds is 2. The molecule has 2 rings (SSSR count). The van der Waals surface area contributed by atoms with Crippen LogP contribution in [0.5, 0.6) is 0 Å². The van der Waals surface area contributed by atoms with Gasteiger partial charge in [-0.1, -0.05) is 0 Å². The number of hydrazine groups is 1. The average Bonchev–Trinajstić information content (AvgIpc) is 2.30. The van der Waals surface area contributed by atoms with Crippen LogP contribution in [0.4, 0.5) is 5.69 Å². The Labute approximate surface area is 88.5 Å². The predicted molar refractivity (Wildman–Crippen MR) is 57.6 cm³/mol. The van der Waals surface area contributed by atoms with Gasteiger partial charge >= 0.3 is 0 Å². The Hall–Kier alpha value is -1.46. The zero-order valence-corrected chi connectivity index (χ0v) is 8.47. The van der Waals surface area contributed by atoms with Crippen LogP contribution in [-0.2, 0) is 0 Å². The molecule has 0 aliphatic carbocycles. The summed E-state index contributed by atoms with van der Waals surface area (Å²) in [6.45, 7) is 3.52. The van der Waals surface area contributed by atoms with Gasteiger partial charge in [0.05, 0.1) is 11.9 Å². The van der Waals surface area contributed by atoms with Gasteiger partial charge in [0, 0.05) is 26.2 Å². The lowest BCUT2D eigenvalue weighted by Crippen LogP contribution is -2.49. The summed E-state index contributed by atoms with van der Waals surface area (Å²) in [6, 6.07) is 3.65. The number of anilines is 1. The summed E-state index contributed by atoms with van der Waals surface area (Å²) < 4.78 is 0. The van der Waals surface area contributed by atoms with Crippen molar-refractivity contribution in [1.82, 2.24) is 9.99 Å². The van der Waals surface area contributed by atoms with Crippen LogP contribution < -0.4 is 10.7 Å². The largest absolute Gasteiger partial charge is 0.368 e. The molecule has 0 atom stereocenters. The third kappa shape index (κ3) is 2.31. The molecule has 0 radical (unpaired) electrons. The van der Waals surface area contributed by atoms with E-state index in [2.05, 4.69) is 9.88 Å². The number of nitrogens with zero attached hydrogens (tertiary/aromatic N) is 3. The maximum absolute atomic E-state index is 10.4. The molecular formula is C10H14N4O. The van der Waals surface area contributed by atoms with Crippen LogP contribution in [0.25, 0.3) is 0 Å². The molecule has 1 saturated heterocycles. The molecule has 1 fully saturated rings. The van der Waals surface area contributed by atoms with Crippen LogP contribution in [0.15, 0.2) is 18.3 Å². The predicted octanol–water partition coefficient (Wildman–Crippen LogP) is -0.110. The molecule has 1 aliphatic heterocycles. The molecule has 0 aromatic carbocycles. The number of nitrogens with two attached hydrogens (primary N) is 1. The molecule has 5 heteroatoms. The SMILES string of the molecule is NN1CCN(c2ccc(C=O)nc2)CC1. The van der Waals surface area contributed by atoms with Gasteiger partial charge in [-0.25, -0.2) is 5.01 Å². The normalized spacial score (nSPS) is 17.8. The van der Waals surface area contributed by atoms with Crippen molar-refractivity contribution in [3.8, 4) is 0 Å². The van der Waals surface area contributed by atoms with Gasteiger partial charge in [0.2, 0.25) is 0 Å². The van der Waals surface area contributed by atoms with E-state index >= 15 is 0 Å². The first-order valence-electron chi connectivity index (χ1n) is 4.95. The molecule has 2 heterocycles. The molecule has 15 heavy (non-hydrogen) atoms. The first-order valence-corrected chi connectivity index (χ1v) is 4.95. The fourth-order valence-corrected chi connectivity index (χ4v) is 1.63. The smallest absolute Gasteiger partial charge is 0.168 e. The van der Waals surface area contributed by atoms with Crippen molar-refractivity contribution in [2.24, 2.45) is 5.84 Å². The molecule has 0 bridgehead atoms. The van der Waals surface area contributed by atoms with Gasteiger partial charge in [0.25, 0.3) is 0 Å². The van der Waals surface area contributed by atoms with E-state index in [0.717, 1.165) is 38.2 Å². The minimum Gasteiger partial charge on any atom is -0.368 e. The first-order chi connectivity index (χ1) is 7.29. The summed E-state index contributed by atoms with van der Waals surface area (Å²) in [7, 11) is 0. The summed E-state index contributed by atoms with van der Waals surface area (Å²) in [6.07, 6.45) is 2.48. The highest BCUT2D eigenvalue weighted by Gasteiger charge is 2.14. The van der Waals surface area contributed by atoms with Gasteiger partial charge < -0.3 is 4.90 Å². The lowest BCUT2D eigenvalue weighted by atomic mass is 10.3. The Kier molecular flexibility index (Phi) is 2.94. The second kappa shape index (κ2) is 4.37. The van der Waals surface area contributed by atoms with E-state index in [1.54, 1.807) is 12.3 Å². The molecule has 80 valence electrons. The number of carbonyl (C=O) groups is 1. The molecule has 0 amide bonds. The maximum atomic E-state index is 10.4. The standard InChI is InChI=1S/C10H14N4O/c11-14-5-3-13(4-6-14)10-2-1-9(8-15)12-7-10/h1-2,7-8H,3-6,11H2. The van der Waals surface area contributed by atoms with Crippen LogP contribution in [0, 0.1) is 0 Å². The van der Waals surface area contributed by atoms with E-state index in [0.29, 0.717) is 5.69 Å². The van der Waals surface area contributed by atoms with Crippen LogP contribution in [-0.4, -0.2) is 42.5 Å². The summed E-state index contributed by atoms with van der Waals surface area (Å²) >= 11 is 0. The van der Waals surface area contributed by atoms with Gasteiger partial charge in [-0.3, -0.25) is 15.6 Å². The number of aldehydes is 1. The van der Waals surface area contributed by atoms with E-state index in [-0.39, 0.29) is 0 Å². The Morgan fingerprint density at radius 2 is 2.00 bits per heavy atom. The molecule has 1 aromatic heterocycles. The van der Waals surface area contributed by atoms with E-state index in [9.17, 15) is 4.79 Å². The minimum atomic E-state index is 0.469. The van der Waals surface area contributed by atoms with Gasteiger partial charge in [-0.05, 0) is 12.1 Å². The quantitative estimate of drug-likeness (QED) is 0.540. The highest BCUT2D eigenvalue weighted by atomic mass is 16.1. The Morgan fingerprint density at radius 1 is 1.27 bits per heavy atom. The molecule has 1 aliphatic rings. The van der Waals surface area contributed by atoms with E-state index < -0.39 is 0 Å². The Bertz CT molecular complexity index is 330. The second-order valence-corrected chi connectivity index (χ2v) is 3.58. The lowest BCUT2D eigenvalue weighted by molar-refractivity contribution is 0.111. The Balaban J connectivity index is 2.06. The average molecular weight is 206 g/mol. The summed E-state index contributed by atoms with van der Waals surface area (Å²) in [5, 5.41) is 1.81. The van der Waals surface area contributed by atoms with Crippen molar-refractivity contribution in [2.45, 2.75) is 0 Å². The van der Waals surface area contributed by atoms with E-state index in [1.807, 2.05) is 11.1 Å². The van der Waals surface area contributed by atoms with Crippen molar-refractivity contribution in [3.05, 3.63) is 24.0 Å². The van der Waals surface area contributed by atoms with Gasteiger partial charge in [-0.15, -0.1) is 0 Å². The zero-order valence-electron chi connectivity index (χ0n) is 8.47. The van der Waals surface area contributed by atoms with Crippen LogP contribution in [0.3, 0.4) is 0 Å². The van der Waals surface area contributed by atoms with Crippen LogP contribution in [0.2, 0.25) is 0 Å². The topological polar surface area (TPSA) is 62.5 Å². The summed E-state index contributed by atoms with van der Waals surface area (Å²) in [5.41, 5.74) is 1.52. The highest BCUT2D eigenvalue weighted by Crippen LogP contribution is 2.14. The maximum Gasteiger partial charge on any atom is 0.168 e. The van der Waals surface area contributed by atoms with Crippen molar-refractivity contribution in [1.29, 1.82) is 0 Å². The summed E-state index contributed by atoms with van der Waals surface area (Å²) in [5.74, 6) is 5.67. The fraction of sp³-hybridized carbons (Fsp3) is 0.400. The molecule has 1 aromatic rings. The lowest BCUT2D eigenvalue weighted by Gasteiger charge is -2.33. The number of hydrogen-bond donors (Lipinski definition) is 1. The van der Waals surface area contributed by atoms with E-state index in [4.69, 9.17) is 5.84 Å². The zero-order chi connectivity index (χ0) is 10.7. The molecule has 0 spiro atoms. The third-order valence-electron chi connectivity index (χ3n) is 2.57. The molecule has 0 unspecified atom stereocenters. The molecule has 2 N–H and O–H groups in total. The number of pyridine rings is 1. The van der Waals surface area contributed by atoms with Crippen LogP contribution >= 0.6 is 0 Å². The van der Waals surface area contributed by atoms with Crippen molar-refractivity contribution >= 4 is 12.0 Å². The van der Waals surface area contributed by atoms with Gasteiger partial charge in [0.1, 0.15) is 5.69 Å². The van der Waals surface area contributed by atoms with E-state index in [1.165, 1.54) is 0 Å². The first kappa shape index (κ1) is 10.1. The summed E-state index contributed by atoms with van der Waals surface area (Å²) in [4.78, 5) is 16.7. The van der Waals surface area contributed by atoms with Gasteiger partial charge in [0.15, 0.2) is 6.29 Å². The number of aromatic nitrogens is 1. The monoisotopic (exact) mass is 206 g/mol. The van der Waals surface area contributed by atoms with Crippen LogP contribution in [0.1, 0.15) is 10.5 Å². The Morgan fingerprint density at radius 3 is 2.53 bits per heavy atom. The van der Waals surface area contributed by atoms with Crippen molar-refractivity contribution in [3.63, 3.8) is 0 Å². The number of hydrogen-bond acceptors (Lipinski definition) is 5. The van der Waals surface area contributed by atoms with Crippen molar-refractivity contribution < 1.29 is 4.79 Å². The minimum absolute atomic E-state index is 0.469. The molecule has 0 saturated carbocycles. The fourth-order valence-electron chi connectivity index (χ4n) is 1.63. The molecular weight excluding hydrogens is 192 g/mol. The third-order valence-corrected chi connectivity index (χ3v) is 2.57. The highest BCUT2D eigenvalue weighted by molar-refractivity contribution is 5.72. The van der Waals surface area contributed by atoms with Gasteiger partial charge in [-0.2, -0.15) is 0 Å². The van der Waals surface area contributed by atoms with Crippen molar-refractivity contribution in [2.75, 3.05) is 31.1 Å². The number of piperazine rings is 1.